The van der Waals surface area contributed by atoms with Crippen LogP contribution in [-0.4, -0.2) is 24.8 Å². The summed E-state index contributed by atoms with van der Waals surface area (Å²) in [5, 5.41) is 0. The minimum atomic E-state index is -0.0932. The SMILES string of the molecule is C[C@@]1(C=O)[C@H]2[C@@H]3[C@H]4[C@H]1[C@@H]1CC[C@@H]5O[C@@H]6O[C@H]7CC[C@@H]([C@@H]27)[C@H]3[C@@]6(C)[C@H]4[C@H]15. The molecule has 134 valence electrons. The van der Waals surface area contributed by atoms with Crippen molar-refractivity contribution in [1.29, 1.82) is 0 Å². The molecule has 0 spiro atoms. The van der Waals surface area contributed by atoms with E-state index < -0.39 is 0 Å². The van der Waals surface area contributed by atoms with E-state index in [-0.39, 0.29) is 17.1 Å². The van der Waals surface area contributed by atoms with E-state index in [0.717, 1.165) is 41.4 Å². The Labute approximate surface area is 149 Å². The molecule has 0 aromatic carbocycles. The molecule has 8 rings (SSSR count). The molecule has 0 N–H and O–H groups in total. The van der Waals surface area contributed by atoms with Gasteiger partial charge in [-0.1, -0.05) is 13.8 Å². The van der Waals surface area contributed by atoms with Crippen LogP contribution < -0.4 is 0 Å². The van der Waals surface area contributed by atoms with Crippen molar-refractivity contribution in [2.24, 2.45) is 70.0 Å². The summed E-state index contributed by atoms with van der Waals surface area (Å²) in [6.07, 6.45) is 7.30. The molecule has 6 saturated carbocycles. The van der Waals surface area contributed by atoms with Crippen molar-refractivity contribution in [3.8, 4) is 0 Å². The molecule has 2 saturated heterocycles. The van der Waals surface area contributed by atoms with Crippen LogP contribution >= 0.6 is 0 Å². The highest BCUT2D eigenvalue weighted by Gasteiger charge is 2.86. The first kappa shape index (κ1) is 13.7. The molecule has 8 aliphatic rings. The summed E-state index contributed by atoms with van der Waals surface area (Å²) >= 11 is 0. The van der Waals surface area contributed by atoms with Crippen LogP contribution in [0.1, 0.15) is 39.5 Å². The highest BCUT2D eigenvalue weighted by molar-refractivity contribution is 5.63. The fourth-order valence-electron chi connectivity index (χ4n) is 11.6. The maximum Gasteiger partial charge on any atom is 0.164 e. The highest BCUT2D eigenvalue weighted by atomic mass is 16.7. The van der Waals surface area contributed by atoms with Gasteiger partial charge in [0.05, 0.1) is 12.2 Å². The molecule has 4 bridgehead atoms. The van der Waals surface area contributed by atoms with Crippen molar-refractivity contribution >= 4 is 6.29 Å². The van der Waals surface area contributed by atoms with E-state index in [0.29, 0.717) is 30.0 Å². The Morgan fingerprint density at radius 3 is 2.04 bits per heavy atom. The Bertz CT molecular complexity index is 720. The predicted octanol–water partition coefficient (Wildman–Crippen LogP) is 3.13. The van der Waals surface area contributed by atoms with Gasteiger partial charge in [0.2, 0.25) is 0 Å². The van der Waals surface area contributed by atoms with Gasteiger partial charge in [-0.3, -0.25) is 0 Å². The van der Waals surface area contributed by atoms with Gasteiger partial charge in [0.25, 0.3) is 0 Å². The van der Waals surface area contributed by atoms with Crippen LogP contribution in [0.15, 0.2) is 0 Å². The molecular formula is C22H28O3. The molecule has 2 heterocycles. The third kappa shape index (κ3) is 1.04. The van der Waals surface area contributed by atoms with E-state index in [1.54, 1.807) is 0 Å². The second kappa shape index (κ2) is 3.63. The van der Waals surface area contributed by atoms with Gasteiger partial charge in [-0.25, -0.2) is 0 Å². The molecule has 6 aliphatic carbocycles. The second-order valence-corrected chi connectivity index (χ2v) is 11.4. The Balaban J connectivity index is 1.48. The molecule has 0 aromatic rings. The zero-order valence-corrected chi connectivity index (χ0v) is 15.1. The van der Waals surface area contributed by atoms with Gasteiger partial charge in [-0.15, -0.1) is 0 Å². The quantitative estimate of drug-likeness (QED) is 0.688. The summed E-state index contributed by atoms with van der Waals surface area (Å²) in [5.41, 5.74) is 0.134. The van der Waals surface area contributed by atoms with Crippen molar-refractivity contribution in [1.82, 2.24) is 0 Å². The van der Waals surface area contributed by atoms with E-state index in [1.165, 1.54) is 32.0 Å². The number of carbonyl (C=O) groups is 1. The average molecular weight is 340 g/mol. The summed E-state index contributed by atoms with van der Waals surface area (Å²) < 4.78 is 13.6. The minimum Gasteiger partial charge on any atom is -0.349 e. The van der Waals surface area contributed by atoms with E-state index in [2.05, 4.69) is 13.8 Å². The lowest BCUT2D eigenvalue weighted by molar-refractivity contribution is -0.302. The largest absolute Gasteiger partial charge is 0.349 e. The summed E-state index contributed by atoms with van der Waals surface area (Å²) in [4.78, 5) is 12.6. The summed E-state index contributed by atoms with van der Waals surface area (Å²) in [6.45, 7) is 4.92. The molecule has 0 unspecified atom stereocenters. The number of rotatable bonds is 1. The van der Waals surface area contributed by atoms with Crippen LogP contribution in [0, 0.1) is 70.0 Å². The van der Waals surface area contributed by atoms with Crippen molar-refractivity contribution in [2.75, 3.05) is 0 Å². The number of hydrogen-bond donors (Lipinski definition) is 0. The molecule has 0 radical (unpaired) electrons. The molecule has 25 heavy (non-hydrogen) atoms. The lowest BCUT2D eigenvalue weighted by Crippen LogP contribution is -2.55. The van der Waals surface area contributed by atoms with E-state index in [4.69, 9.17) is 9.47 Å². The molecule has 3 nitrogen and oxygen atoms in total. The lowest BCUT2D eigenvalue weighted by Gasteiger charge is -2.52. The smallest absolute Gasteiger partial charge is 0.164 e. The zero-order valence-electron chi connectivity index (χ0n) is 15.1. The van der Waals surface area contributed by atoms with Crippen LogP contribution in [0.2, 0.25) is 0 Å². The maximum absolute atomic E-state index is 12.6. The van der Waals surface area contributed by atoms with Gasteiger partial charge in [0.1, 0.15) is 6.29 Å². The standard InChI is InChI=1S/C22H28O3/c1-21(7-23)16-8-3-5-11-13(8)19-14(16)15-17-9-4-6-10(12(9)18(15)21)24-20(25-11)22(17,19)2/h7-20H,3-6H2,1-2H3/t8-,9+,10+,11+,12-,13-,14+,15-,16-,17-,18-,19+,20+,21+,22+/m1/s1. The Morgan fingerprint density at radius 1 is 0.760 bits per heavy atom. The van der Waals surface area contributed by atoms with Gasteiger partial charge in [0.15, 0.2) is 6.29 Å². The van der Waals surface area contributed by atoms with Gasteiger partial charge in [-0.2, -0.15) is 0 Å². The monoisotopic (exact) mass is 340 g/mol. The van der Waals surface area contributed by atoms with Crippen LogP contribution in [0.5, 0.6) is 0 Å². The van der Waals surface area contributed by atoms with Crippen molar-refractivity contribution < 1.29 is 14.3 Å². The van der Waals surface area contributed by atoms with E-state index in [9.17, 15) is 4.79 Å². The van der Waals surface area contributed by atoms with E-state index in [1.807, 2.05) is 0 Å². The van der Waals surface area contributed by atoms with Gasteiger partial charge in [0, 0.05) is 10.8 Å². The third-order valence-corrected chi connectivity index (χ3v) is 11.5. The number of hydrogen-bond acceptors (Lipinski definition) is 3. The van der Waals surface area contributed by atoms with Crippen LogP contribution in [0.4, 0.5) is 0 Å². The van der Waals surface area contributed by atoms with Crippen molar-refractivity contribution in [2.45, 2.75) is 58.0 Å². The molecule has 15 atom stereocenters. The van der Waals surface area contributed by atoms with Crippen LogP contribution in [0.25, 0.3) is 0 Å². The molecule has 0 amide bonds. The highest BCUT2D eigenvalue weighted by Crippen LogP contribution is 2.87. The predicted molar refractivity (Wildman–Crippen MR) is 89.2 cm³/mol. The average Bonchev–Trinajstić information content (AvgIpc) is 3.32. The molecule has 2 aliphatic heterocycles. The van der Waals surface area contributed by atoms with Gasteiger partial charge >= 0.3 is 0 Å². The lowest BCUT2D eigenvalue weighted by atomic mass is 9.62. The fraction of sp³-hybridized carbons (Fsp3) is 0.955. The third-order valence-electron chi connectivity index (χ3n) is 11.5. The Hall–Kier alpha value is -0.410. The van der Waals surface area contributed by atoms with Crippen LogP contribution in [0.3, 0.4) is 0 Å². The second-order valence-electron chi connectivity index (χ2n) is 11.4. The summed E-state index contributed by atoms with van der Waals surface area (Å²) in [5.74, 6) is 7.30. The van der Waals surface area contributed by atoms with Crippen molar-refractivity contribution in [3.05, 3.63) is 0 Å². The first-order chi connectivity index (χ1) is 12.1. The molecular weight excluding hydrogens is 312 g/mol. The van der Waals surface area contributed by atoms with Gasteiger partial charge < -0.3 is 14.3 Å². The number of ether oxygens (including phenoxy) is 2. The number of fused-ring (bicyclic) bond motifs is 1. The topological polar surface area (TPSA) is 35.5 Å². The maximum atomic E-state index is 12.6. The normalized spacial score (nSPS) is 77.9. The van der Waals surface area contributed by atoms with Crippen LogP contribution in [-0.2, 0) is 14.3 Å². The Kier molecular flexibility index (Phi) is 1.99. The van der Waals surface area contributed by atoms with Crippen molar-refractivity contribution in [3.63, 3.8) is 0 Å². The van der Waals surface area contributed by atoms with Gasteiger partial charge in [-0.05, 0) is 84.9 Å². The zero-order chi connectivity index (χ0) is 16.5. The molecule has 8 fully saturated rings. The molecule has 3 heteroatoms. The fourth-order valence-corrected chi connectivity index (χ4v) is 11.6. The first-order valence-electron chi connectivity index (χ1n) is 10.9. The minimum absolute atomic E-state index is 0.0492. The van der Waals surface area contributed by atoms with E-state index >= 15 is 0 Å². The number of carbonyl (C=O) groups excluding carboxylic acids is 1. The molecule has 0 aromatic heterocycles. The Morgan fingerprint density at radius 2 is 1.36 bits per heavy atom. The summed E-state index contributed by atoms with van der Waals surface area (Å²) in [7, 11) is 0. The number of aldehydes is 1. The first-order valence-corrected chi connectivity index (χ1v) is 10.9. The summed E-state index contributed by atoms with van der Waals surface area (Å²) in [6, 6.07) is 0.